The average Bonchev–Trinajstić information content (AvgIpc) is 2.26. The molecule has 1 aromatic heterocycles. The number of thioether (sulfide) groups is 1. The Morgan fingerprint density at radius 1 is 1.54 bits per heavy atom. The molecular weight excluding hydrogens is 182 g/mol. The van der Waals surface area contributed by atoms with Crippen LogP contribution in [0.15, 0.2) is 5.03 Å². The Morgan fingerprint density at radius 2 is 2.15 bits per heavy atom. The molecule has 74 valence electrons. The van der Waals surface area contributed by atoms with Crippen molar-refractivity contribution >= 4 is 11.8 Å². The van der Waals surface area contributed by atoms with Gasteiger partial charge in [0.1, 0.15) is 0 Å². The first-order chi connectivity index (χ1) is 6.06. The highest BCUT2D eigenvalue weighted by Crippen LogP contribution is 2.27. The standard InChI is InChI=1S/C9H17N3S/c1-6(2)13-9-8(5-10)7(3)11-12(9)4/h6H,5,10H2,1-4H3. The molecule has 0 amide bonds. The van der Waals surface area contributed by atoms with E-state index in [1.807, 2.05) is 30.4 Å². The van der Waals surface area contributed by atoms with Gasteiger partial charge in [0.25, 0.3) is 0 Å². The smallest absolute Gasteiger partial charge is 0.0986 e. The molecule has 0 fully saturated rings. The van der Waals surface area contributed by atoms with E-state index in [2.05, 4.69) is 18.9 Å². The molecule has 3 nitrogen and oxygen atoms in total. The van der Waals surface area contributed by atoms with Crippen molar-refractivity contribution in [3.8, 4) is 0 Å². The first-order valence-electron chi connectivity index (χ1n) is 4.45. The third kappa shape index (κ3) is 2.25. The van der Waals surface area contributed by atoms with Gasteiger partial charge < -0.3 is 5.73 Å². The second-order valence-corrected chi connectivity index (χ2v) is 4.93. The highest BCUT2D eigenvalue weighted by Gasteiger charge is 2.12. The average molecular weight is 199 g/mol. The molecule has 1 heterocycles. The van der Waals surface area contributed by atoms with Crippen molar-refractivity contribution in [3.63, 3.8) is 0 Å². The van der Waals surface area contributed by atoms with E-state index in [4.69, 9.17) is 5.73 Å². The fourth-order valence-electron chi connectivity index (χ4n) is 1.29. The normalized spacial score (nSPS) is 11.2. The van der Waals surface area contributed by atoms with Crippen molar-refractivity contribution in [1.82, 2.24) is 9.78 Å². The summed E-state index contributed by atoms with van der Waals surface area (Å²) in [5, 5.41) is 6.12. The van der Waals surface area contributed by atoms with Gasteiger partial charge in [-0.1, -0.05) is 13.8 Å². The van der Waals surface area contributed by atoms with E-state index in [1.54, 1.807) is 0 Å². The summed E-state index contributed by atoms with van der Waals surface area (Å²) >= 11 is 1.82. The Kier molecular flexibility index (Phi) is 3.39. The molecule has 1 aromatic rings. The molecule has 0 radical (unpaired) electrons. The van der Waals surface area contributed by atoms with Crippen molar-refractivity contribution in [2.45, 2.75) is 37.6 Å². The lowest BCUT2D eigenvalue weighted by molar-refractivity contribution is 0.687. The van der Waals surface area contributed by atoms with E-state index in [0.717, 1.165) is 5.69 Å². The number of aryl methyl sites for hydroxylation is 2. The molecule has 0 unspecified atom stereocenters. The van der Waals surface area contributed by atoms with E-state index in [0.29, 0.717) is 11.8 Å². The van der Waals surface area contributed by atoms with Gasteiger partial charge in [0.15, 0.2) is 0 Å². The highest BCUT2D eigenvalue weighted by atomic mass is 32.2. The minimum Gasteiger partial charge on any atom is -0.326 e. The molecule has 2 N–H and O–H groups in total. The van der Waals surface area contributed by atoms with E-state index >= 15 is 0 Å². The van der Waals surface area contributed by atoms with Crippen LogP contribution in [-0.2, 0) is 13.6 Å². The largest absolute Gasteiger partial charge is 0.326 e. The summed E-state index contributed by atoms with van der Waals surface area (Å²) in [6.07, 6.45) is 0. The lowest BCUT2D eigenvalue weighted by atomic mass is 10.3. The van der Waals surface area contributed by atoms with Crippen LogP contribution in [0.1, 0.15) is 25.1 Å². The van der Waals surface area contributed by atoms with Crippen LogP contribution >= 0.6 is 11.8 Å². The van der Waals surface area contributed by atoms with Gasteiger partial charge in [-0.05, 0) is 6.92 Å². The maximum absolute atomic E-state index is 5.67. The van der Waals surface area contributed by atoms with E-state index in [1.165, 1.54) is 10.6 Å². The number of aromatic nitrogens is 2. The third-order valence-corrected chi connectivity index (χ3v) is 3.05. The zero-order valence-electron chi connectivity index (χ0n) is 8.66. The Morgan fingerprint density at radius 3 is 2.62 bits per heavy atom. The predicted octanol–water partition coefficient (Wildman–Crippen LogP) is 1.69. The second-order valence-electron chi connectivity index (χ2n) is 3.36. The topological polar surface area (TPSA) is 43.8 Å². The summed E-state index contributed by atoms with van der Waals surface area (Å²) < 4.78 is 1.92. The molecule has 0 aromatic carbocycles. The molecule has 0 bridgehead atoms. The van der Waals surface area contributed by atoms with Crippen LogP contribution in [0, 0.1) is 6.92 Å². The van der Waals surface area contributed by atoms with Gasteiger partial charge in [0.05, 0.1) is 10.7 Å². The van der Waals surface area contributed by atoms with Gasteiger partial charge in [-0.25, -0.2) is 0 Å². The Bertz CT molecular complexity index is 291. The molecule has 0 atom stereocenters. The zero-order chi connectivity index (χ0) is 10.0. The zero-order valence-corrected chi connectivity index (χ0v) is 9.48. The number of nitrogens with zero attached hydrogens (tertiary/aromatic N) is 2. The Labute approximate surface area is 83.7 Å². The molecule has 13 heavy (non-hydrogen) atoms. The van der Waals surface area contributed by atoms with Crippen molar-refractivity contribution < 1.29 is 0 Å². The highest BCUT2D eigenvalue weighted by molar-refractivity contribution is 7.99. The lowest BCUT2D eigenvalue weighted by Gasteiger charge is -2.06. The predicted molar refractivity (Wildman–Crippen MR) is 56.8 cm³/mol. The minimum absolute atomic E-state index is 0.570. The fraction of sp³-hybridized carbons (Fsp3) is 0.667. The maximum Gasteiger partial charge on any atom is 0.0986 e. The van der Waals surface area contributed by atoms with Crippen LogP contribution in [0.2, 0.25) is 0 Å². The van der Waals surface area contributed by atoms with Gasteiger partial charge in [0.2, 0.25) is 0 Å². The second kappa shape index (κ2) is 4.15. The molecule has 0 aliphatic heterocycles. The van der Waals surface area contributed by atoms with Gasteiger partial charge >= 0.3 is 0 Å². The number of rotatable bonds is 3. The minimum atomic E-state index is 0.570. The van der Waals surface area contributed by atoms with Crippen LogP contribution in [-0.4, -0.2) is 15.0 Å². The van der Waals surface area contributed by atoms with E-state index in [-0.39, 0.29) is 0 Å². The number of hydrogen-bond donors (Lipinski definition) is 1. The number of nitrogens with two attached hydrogens (primary N) is 1. The van der Waals surface area contributed by atoms with Gasteiger partial charge in [-0.3, -0.25) is 4.68 Å². The van der Waals surface area contributed by atoms with Crippen molar-refractivity contribution in [1.29, 1.82) is 0 Å². The summed E-state index contributed by atoms with van der Waals surface area (Å²) in [5.74, 6) is 0. The van der Waals surface area contributed by atoms with Gasteiger partial charge in [0, 0.05) is 24.4 Å². The fourth-order valence-corrected chi connectivity index (χ4v) is 2.30. The van der Waals surface area contributed by atoms with Gasteiger partial charge in [-0.15, -0.1) is 11.8 Å². The van der Waals surface area contributed by atoms with Crippen LogP contribution in [0.25, 0.3) is 0 Å². The molecule has 4 heteroatoms. The Hall–Kier alpha value is -0.480. The molecule has 0 spiro atoms. The third-order valence-electron chi connectivity index (χ3n) is 1.84. The van der Waals surface area contributed by atoms with E-state index < -0.39 is 0 Å². The van der Waals surface area contributed by atoms with Crippen LogP contribution < -0.4 is 5.73 Å². The summed E-state index contributed by atoms with van der Waals surface area (Å²) in [6.45, 7) is 6.93. The van der Waals surface area contributed by atoms with Crippen molar-refractivity contribution in [2.75, 3.05) is 0 Å². The molecule has 0 aliphatic rings. The summed E-state index contributed by atoms with van der Waals surface area (Å²) in [4.78, 5) is 0. The molecular formula is C9H17N3S. The maximum atomic E-state index is 5.67. The Balaban J connectivity index is 3.02. The lowest BCUT2D eigenvalue weighted by Crippen LogP contribution is -2.01. The molecule has 0 saturated heterocycles. The molecule has 1 rings (SSSR count). The van der Waals surface area contributed by atoms with Crippen LogP contribution in [0.4, 0.5) is 0 Å². The quantitative estimate of drug-likeness (QED) is 0.753. The van der Waals surface area contributed by atoms with Crippen LogP contribution in [0.5, 0.6) is 0 Å². The molecule has 0 saturated carbocycles. The SMILES string of the molecule is Cc1nn(C)c(SC(C)C)c1CN. The van der Waals surface area contributed by atoms with Gasteiger partial charge in [-0.2, -0.15) is 5.10 Å². The summed E-state index contributed by atoms with van der Waals surface area (Å²) in [5.41, 5.74) is 7.90. The first-order valence-corrected chi connectivity index (χ1v) is 5.33. The van der Waals surface area contributed by atoms with Crippen molar-refractivity contribution in [2.24, 2.45) is 12.8 Å². The monoisotopic (exact) mass is 199 g/mol. The van der Waals surface area contributed by atoms with E-state index in [9.17, 15) is 0 Å². The number of hydrogen-bond acceptors (Lipinski definition) is 3. The summed E-state index contributed by atoms with van der Waals surface area (Å²) in [7, 11) is 1.97. The molecule has 0 aliphatic carbocycles. The first kappa shape index (κ1) is 10.6. The summed E-state index contributed by atoms with van der Waals surface area (Å²) in [6, 6.07) is 0. The van der Waals surface area contributed by atoms with Crippen molar-refractivity contribution in [3.05, 3.63) is 11.3 Å². The van der Waals surface area contributed by atoms with Crippen LogP contribution in [0.3, 0.4) is 0 Å².